The molecule has 5 nitrogen and oxygen atoms in total. The lowest BCUT2D eigenvalue weighted by molar-refractivity contribution is 0.668. The van der Waals surface area contributed by atoms with Crippen molar-refractivity contribution in [1.29, 1.82) is 0 Å². The van der Waals surface area contributed by atoms with Gasteiger partial charge in [0.05, 0.1) is 11.4 Å². The summed E-state index contributed by atoms with van der Waals surface area (Å²) in [6.07, 6.45) is 5.81. The molecule has 0 unspecified atom stereocenters. The van der Waals surface area contributed by atoms with Crippen LogP contribution in [-0.2, 0) is 0 Å². The van der Waals surface area contributed by atoms with Crippen LogP contribution in [-0.4, -0.2) is 16.7 Å². The molecule has 0 amide bonds. The smallest absolute Gasteiger partial charge is 0.160 e. The van der Waals surface area contributed by atoms with Gasteiger partial charge in [0.1, 0.15) is 22.3 Å². The Balaban J connectivity index is 1.14. The second kappa shape index (κ2) is 15.9. The van der Waals surface area contributed by atoms with Crippen LogP contribution >= 0.6 is 0 Å². The van der Waals surface area contributed by atoms with Crippen LogP contribution in [0.15, 0.2) is 220 Å². The molecule has 5 heteroatoms. The van der Waals surface area contributed by atoms with E-state index in [0.29, 0.717) is 5.82 Å². The van der Waals surface area contributed by atoms with Crippen molar-refractivity contribution in [2.24, 2.45) is 4.99 Å². The number of rotatable bonds is 9. The maximum absolute atomic E-state index is 6.25. The van der Waals surface area contributed by atoms with Crippen LogP contribution in [0.5, 0.6) is 0 Å². The van der Waals surface area contributed by atoms with Gasteiger partial charge in [-0.05, 0) is 131 Å². The van der Waals surface area contributed by atoms with Gasteiger partial charge in [0.2, 0.25) is 0 Å². The van der Waals surface area contributed by atoms with Crippen LogP contribution in [0, 0.1) is 0 Å². The van der Waals surface area contributed by atoms with Crippen molar-refractivity contribution >= 4 is 56.2 Å². The van der Waals surface area contributed by atoms with Gasteiger partial charge >= 0.3 is 0 Å². The monoisotopic (exact) mass is 809 g/mol. The molecule has 0 saturated carbocycles. The molecule has 0 atom stereocenters. The zero-order valence-electron chi connectivity index (χ0n) is 34.5. The van der Waals surface area contributed by atoms with E-state index in [2.05, 4.69) is 163 Å². The number of furan rings is 2. The first kappa shape index (κ1) is 37.6. The molecule has 3 aromatic heterocycles. The molecule has 11 aromatic rings. The fraction of sp³-hybridized carbons (Fsp3) is 0.0172. The van der Waals surface area contributed by atoms with Gasteiger partial charge in [0.15, 0.2) is 5.82 Å². The molecule has 0 fully saturated rings. The molecule has 0 aliphatic carbocycles. The number of hydrogen-bond acceptors (Lipinski definition) is 5. The Morgan fingerprint density at radius 1 is 0.429 bits per heavy atom. The van der Waals surface area contributed by atoms with E-state index in [9.17, 15) is 0 Å². The molecule has 298 valence electrons. The third-order valence-electron chi connectivity index (χ3n) is 11.7. The molecule has 0 aliphatic rings. The van der Waals surface area contributed by atoms with Crippen molar-refractivity contribution in [3.05, 3.63) is 212 Å². The van der Waals surface area contributed by atoms with E-state index in [4.69, 9.17) is 18.8 Å². The Bertz CT molecular complexity index is 3480. The molecule has 8 aromatic carbocycles. The van der Waals surface area contributed by atoms with E-state index in [1.807, 2.05) is 55.5 Å². The fourth-order valence-electron chi connectivity index (χ4n) is 8.61. The Morgan fingerprint density at radius 3 is 1.59 bits per heavy atom. The second-order valence-corrected chi connectivity index (χ2v) is 15.7. The highest BCUT2D eigenvalue weighted by molar-refractivity contribution is 6.08. The standard InChI is InChI=1S/C58H39N3O2/c1-3-13-44(36-59-2)39-17-12-19-43(29-39)58-60-52(42-18-11-16-38(28-42)37-14-5-4-6-15-37)35-53(61-58)47-31-45(40-24-26-56-50(33-40)48-20-7-9-22-54(48)62-56)30-46(32-47)41-25-27-57-51(34-41)49-21-8-10-23-55(49)63-57/h3-36H,2H2,1H3/b13-3-,44-36+. The summed E-state index contributed by atoms with van der Waals surface area (Å²) in [7, 11) is 0. The minimum Gasteiger partial charge on any atom is -0.456 e. The van der Waals surface area contributed by atoms with E-state index in [1.165, 1.54) is 0 Å². The van der Waals surface area contributed by atoms with Crippen molar-refractivity contribution in [2.45, 2.75) is 6.92 Å². The Labute approximate surface area is 364 Å². The first-order valence-electron chi connectivity index (χ1n) is 21.0. The summed E-state index contributed by atoms with van der Waals surface area (Å²) in [5.41, 5.74) is 16.4. The van der Waals surface area contributed by atoms with Crippen LogP contribution in [0.2, 0.25) is 0 Å². The van der Waals surface area contributed by atoms with Gasteiger partial charge in [0, 0.05) is 44.4 Å². The van der Waals surface area contributed by atoms with Crippen LogP contribution < -0.4 is 0 Å². The lowest BCUT2D eigenvalue weighted by Gasteiger charge is -2.14. The van der Waals surface area contributed by atoms with E-state index >= 15 is 0 Å². The molecule has 0 spiro atoms. The summed E-state index contributed by atoms with van der Waals surface area (Å²) >= 11 is 0. The topological polar surface area (TPSA) is 64.4 Å². The molecule has 3 heterocycles. The lowest BCUT2D eigenvalue weighted by Crippen LogP contribution is -1.97. The molecule has 63 heavy (non-hydrogen) atoms. The minimum atomic E-state index is 0.616. The zero-order valence-corrected chi connectivity index (χ0v) is 34.5. The molecule has 0 bridgehead atoms. The summed E-state index contributed by atoms with van der Waals surface area (Å²) in [6, 6.07) is 65.5. The first-order valence-corrected chi connectivity index (χ1v) is 21.0. The third kappa shape index (κ3) is 7.11. The molecule has 0 saturated heterocycles. The normalized spacial score (nSPS) is 12.0. The van der Waals surface area contributed by atoms with Crippen LogP contribution in [0.4, 0.5) is 0 Å². The van der Waals surface area contributed by atoms with Gasteiger partial charge in [-0.25, -0.2) is 9.97 Å². The second-order valence-electron chi connectivity index (χ2n) is 15.7. The number of allylic oxidation sites excluding steroid dienone is 3. The quantitative estimate of drug-likeness (QED) is 0.108. The van der Waals surface area contributed by atoms with Gasteiger partial charge in [-0.2, -0.15) is 0 Å². The van der Waals surface area contributed by atoms with Crippen molar-refractivity contribution in [3.63, 3.8) is 0 Å². The maximum atomic E-state index is 6.25. The predicted octanol–water partition coefficient (Wildman–Crippen LogP) is 15.9. The highest BCUT2D eigenvalue weighted by atomic mass is 16.3. The van der Waals surface area contributed by atoms with Crippen molar-refractivity contribution in [3.8, 4) is 67.3 Å². The number of aliphatic imine (C=N–C) groups is 1. The molecular formula is C58H39N3O2. The summed E-state index contributed by atoms with van der Waals surface area (Å²) < 4.78 is 12.5. The van der Waals surface area contributed by atoms with Gasteiger partial charge in [0.25, 0.3) is 0 Å². The average molecular weight is 810 g/mol. The summed E-state index contributed by atoms with van der Waals surface area (Å²) in [5, 5.41) is 4.32. The largest absolute Gasteiger partial charge is 0.456 e. The van der Waals surface area contributed by atoms with Gasteiger partial charge in [-0.15, -0.1) is 0 Å². The molecule has 0 N–H and O–H groups in total. The van der Waals surface area contributed by atoms with Crippen LogP contribution in [0.25, 0.3) is 117 Å². The lowest BCUT2D eigenvalue weighted by atomic mass is 9.93. The highest BCUT2D eigenvalue weighted by Crippen LogP contribution is 2.40. The molecule has 11 rings (SSSR count). The van der Waals surface area contributed by atoms with Crippen LogP contribution in [0.1, 0.15) is 12.5 Å². The zero-order chi connectivity index (χ0) is 42.3. The van der Waals surface area contributed by atoms with Crippen molar-refractivity contribution < 1.29 is 8.83 Å². The van der Waals surface area contributed by atoms with E-state index < -0.39 is 0 Å². The average Bonchev–Trinajstić information content (AvgIpc) is 3.92. The number of fused-ring (bicyclic) bond motifs is 6. The van der Waals surface area contributed by atoms with Crippen molar-refractivity contribution in [1.82, 2.24) is 9.97 Å². The van der Waals surface area contributed by atoms with Crippen molar-refractivity contribution in [2.75, 3.05) is 0 Å². The maximum Gasteiger partial charge on any atom is 0.160 e. The first-order chi connectivity index (χ1) is 31.1. The van der Waals surface area contributed by atoms with E-state index in [-0.39, 0.29) is 0 Å². The summed E-state index contributed by atoms with van der Waals surface area (Å²) in [6.45, 7) is 5.72. The molecular weight excluding hydrogens is 771 g/mol. The number of benzene rings is 8. The van der Waals surface area contributed by atoms with E-state index in [1.54, 1.807) is 6.20 Å². The summed E-state index contributed by atoms with van der Waals surface area (Å²) in [4.78, 5) is 14.8. The number of hydrogen-bond donors (Lipinski definition) is 0. The highest BCUT2D eigenvalue weighted by Gasteiger charge is 2.17. The minimum absolute atomic E-state index is 0.616. The predicted molar refractivity (Wildman–Crippen MR) is 262 cm³/mol. The Kier molecular flexibility index (Phi) is 9.48. The Morgan fingerprint density at radius 2 is 0.937 bits per heavy atom. The molecule has 0 radical (unpaired) electrons. The Hall–Kier alpha value is -8.41. The fourth-order valence-corrected chi connectivity index (χ4v) is 8.61. The molecule has 0 aliphatic heterocycles. The third-order valence-corrected chi connectivity index (χ3v) is 11.7. The van der Waals surface area contributed by atoms with Gasteiger partial charge in [-0.3, -0.25) is 4.99 Å². The van der Waals surface area contributed by atoms with Gasteiger partial charge < -0.3 is 8.83 Å². The summed E-state index contributed by atoms with van der Waals surface area (Å²) in [5.74, 6) is 0.616. The number of aromatic nitrogens is 2. The number of nitrogens with zero attached hydrogens (tertiary/aromatic N) is 3. The van der Waals surface area contributed by atoms with E-state index in [0.717, 1.165) is 116 Å². The van der Waals surface area contributed by atoms with Crippen LogP contribution in [0.3, 0.4) is 0 Å². The number of para-hydroxylation sites is 2. The SMILES string of the molecule is C=N/C=C(\C=C/C)c1cccc(-c2nc(-c3cccc(-c4ccccc4)c3)cc(-c3cc(-c4ccc5oc6ccccc6c5c4)cc(-c4ccc5oc6ccccc6c5c4)c3)n2)c1. The van der Waals surface area contributed by atoms with Gasteiger partial charge in [-0.1, -0.05) is 127 Å².